The first-order chi connectivity index (χ1) is 33.1. The van der Waals surface area contributed by atoms with Gasteiger partial charge in [0.25, 0.3) is 0 Å². The van der Waals surface area contributed by atoms with E-state index in [1.54, 1.807) is 0 Å². The van der Waals surface area contributed by atoms with Crippen LogP contribution in [0.3, 0.4) is 0 Å². The number of nitrogens with zero attached hydrogens (tertiary/aromatic N) is 2. The van der Waals surface area contributed by atoms with Gasteiger partial charge in [0.15, 0.2) is 5.82 Å². The maximum absolute atomic E-state index is 5.53. The van der Waals surface area contributed by atoms with Gasteiger partial charge in [-0.25, -0.2) is 9.97 Å². The normalized spacial score (nSPS) is 15.1. The Labute approximate surface area is 391 Å². The van der Waals surface area contributed by atoms with Crippen molar-refractivity contribution in [1.82, 2.24) is 9.97 Å². The molecule has 1 atom stereocenters. The molecule has 11 aromatic rings. The molecule has 0 fully saturated rings. The second kappa shape index (κ2) is 15.3. The first kappa shape index (κ1) is 39.0. The summed E-state index contributed by atoms with van der Waals surface area (Å²) >= 11 is 0. The highest BCUT2D eigenvalue weighted by Crippen LogP contribution is 2.57. The number of rotatable bonds is 7. The van der Waals surface area contributed by atoms with Crippen molar-refractivity contribution < 1.29 is 0 Å². The van der Waals surface area contributed by atoms with E-state index in [-0.39, 0.29) is 5.41 Å². The zero-order chi connectivity index (χ0) is 44.5. The second-order valence-corrected chi connectivity index (χ2v) is 18.1. The van der Waals surface area contributed by atoms with Gasteiger partial charge in [-0.3, -0.25) is 0 Å². The highest BCUT2D eigenvalue weighted by Gasteiger charge is 2.46. The Kier molecular flexibility index (Phi) is 8.91. The summed E-state index contributed by atoms with van der Waals surface area (Å²) in [5, 5.41) is 2.28. The third-order valence-corrected chi connectivity index (χ3v) is 14.7. The molecule has 0 amide bonds. The fourth-order valence-corrected chi connectivity index (χ4v) is 11.6. The van der Waals surface area contributed by atoms with Crippen molar-refractivity contribution >= 4 is 10.8 Å². The van der Waals surface area contributed by atoms with Crippen molar-refractivity contribution in [3.05, 3.63) is 288 Å². The molecule has 0 radical (unpaired) electrons. The Morgan fingerprint density at radius 1 is 0.284 bits per heavy atom. The van der Waals surface area contributed by atoms with E-state index < -0.39 is 5.41 Å². The molecular formula is C65H44N2. The van der Waals surface area contributed by atoms with E-state index in [9.17, 15) is 0 Å². The molecule has 2 nitrogen and oxygen atoms in total. The number of fused-ring (bicyclic) bond motifs is 7. The molecule has 67 heavy (non-hydrogen) atoms. The van der Waals surface area contributed by atoms with Crippen molar-refractivity contribution in [1.29, 1.82) is 0 Å². The van der Waals surface area contributed by atoms with Gasteiger partial charge in [0.05, 0.1) is 16.8 Å². The molecule has 0 spiro atoms. The molecule has 2 aliphatic rings. The lowest BCUT2D eigenvalue weighted by Gasteiger charge is -2.34. The lowest BCUT2D eigenvalue weighted by molar-refractivity contribution is 0.714. The van der Waals surface area contributed by atoms with Crippen molar-refractivity contribution in [3.63, 3.8) is 0 Å². The van der Waals surface area contributed by atoms with Crippen LogP contribution in [0.15, 0.2) is 249 Å². The van der Waals surface area contributed by atoms with Crippen molar-refractivity contribution in [2.75, 3.05) is 0 Å². The van der Waals surface area contributed by atoms with Gasteiger partial charge in [-0.1, -0.05) is 224 Å². The van der Waals surface area contributed by atoms with E-state index in [1.165, 1.54) is 72.3 Å². The molecule has 10 aromatic carbocycles. The molecule has 0 aliphatic heterocycles. The van der Waals surface area contributed by atoms with Crippen molar-refractivity contribution in [2.24, 2.45) is 0 Å². The van der Waals surface area contributed by atoms with Crippen LogP contribution in [0.2, 0.25) is 0 Å². The Morgan fingerprint density at radius 3 is 1.37 bits per heavy atom. The summed E-state index contributed by atoms with van der Waals surface area (Å²) in [6.45, 7) is 2.38. The minimum Gasteiger partial charge on any atom is -0.228 e. The molecular weight excluding hydrogens is 809 g/mol. The fourth-order valence-electron chi connectivity index (χ4n) is 11.6. The summed E-state index contributed by atoms with van der Waals surface area (Å²) in [7, 11) is 0. The van der Waals surface area contributed by atoms with Crippen molar-refractivity contribution in [3.8, 4) is 67.3 Å². The highest BCUT2D eigenvalue weighted by atomic mass is 14.9. The molecule has 0 N–H and O–H groups in total. The minimum absolute atomic E-state index is 0.288. The third-order valence-electron chi connectivity index (χ3n) is 14.7. The van der Waals surface area contributed by atoms with E-state index in [0.29, 0.717) is 5.82 Å². The van der Waals surface area contributed by atoms with Crippen LogP contribution in [0, 0.1) is 0 Å². The summed E-state index contributed by atoms with van der Waals surface area (Å²) in [4.78, 5) is 10.9. The average molecular weight is 853 g/mol. The summed E-state index contributed by atoms with van der Waals surface area (Å²) in [5.41, 5.74) is 20.5. The molecule has 0 bridgehead atoms. The van der Waals surface area contributed by atoms with Crippen LogP contribution in [-0.4, -0.2) is 9.97 Å². The van der Waals surface area contributed by atoms with Gasteiger partial charge in [0.2, 0.25) is 0 Å². The molecule has 0 saturated carbocycles. The SMILES string of the molecule is CC1(c2ccccc2)c2ccccc2-c2ccc(-c3ccc(-c4nc(-c5ccccc5)cc(-c5ccc6c(c5)C(c5ccccc5)(c5ccccc5)c5ccccc5-6)n4)c4ccccc34)cc21. The van der Waals surface area contributed by atoms with Gasteiger partial charge in [-0.15, -0.1) is 0 Å². The van der Waals surface area contributed by atoms with Crippen molar-refractivity contribution in [2.45, 2.75) is 17.8 Å². The maximum atomic E-state index is 5.53. The van der Waals surface area contributed by atoms with E-state index in [4.69, 9.17) is 9.97 Å². The fraction of sp³-hybridized carbons (Fsp3) is 0.0462. The standard InChI is InChI=1S/C65H44N2/c1-64(46-22-8-3-9-23-46)57-32-18-16-30-52(57)54-36-34-44(40-59(54)64)49-38-39-56(51-29-15-14-28-50(49)51)63-66-61(43-20-6-2-7-21-43)42-62(67-63)45-35-37-55-53-31-17-19-33-58(53)65(60(55)41-45,47-24-10-4-11-25-47)48-26-12-5-13-27-48/h2-42H,1H3. The lowest BCUT2D eigenvalue weighted by atomic mass is 9.67. The van der Waals surface area contributed by atoms with Gasteiger partial charge in [0.1, 0.15) is 0 Å². The zero-order valence-corrected chi connectivity index (χ0v) is 37.1. The van der Waals surface area contributed by atoms with Gasteiger partial charge >= 0.3 is 0 Å². The first-order valence-electron chi connectivity index (χ1n) is 23.2. The van der Waals surface area contributed by atoms with E-state index in [2.05, 4.69) is 256 Å². The zero-order valence-electron chi connectivity index (χ0n) is 37.1. The Morgan fingerprint density at radius 2 is 0.716 bits per heavy atom. The van der Waals surface area contributed by atoms with E-state index >= 15 is 0 Å². The molecule has 13 rings (SSSR count). The van der Waals surface area contributed by atoms with Crippen LogP contribution >= 0.6 is 0 Å². The molecule has 2 heteroatoms. The van der Waals surface area contributed by atoms with Crippen LogP contribution in [-0.2, 0) is 10.8 Å². The summed E-state index contributed by atoms with van der Waals surface area (Å²) in [6.07, 6.45) is 0. The minimum atomic E-state index is -0.520. The van der Waals surface area contributed by atoms with Gasteiger partial charge in [0, 0.05) is 22.1 Å². The molecule has 1 unspecified atom stereocenters. The summed E-state index contributed by atoms with van der Waals surface area (Å²) in [6, 6.07) is 90.7. The molecule has 1 aromatic heterocycles. The summed E-state index contributed by atoms with van der Waals surface area (Å²) in [5.74, 6) is 0.696. The van der Waals surface area contributed by atoms with Gasteiger partial charge in [-0.05, 0) is 114 Å². The van der Waals surface area contributed by atoms with Crippen LogP contribution in [0.1, 0.15) is 45.9 Å². The lowest BCUT2D eigenvalue weighted by Crippen LogP contribution is -2.28. The number of aromatic nitrogens is 2. The average Bonchev–Trinajstić information content (AvgIpc) is 3.85. The van der Waals surface area contributed by atoms with E-state index in [0.717, 1.165) is 38.9 Å². The van der Waals surface area contributed by atoms with Crippen LogP contribution < -0.4 is 0 Å². The van der Waals surface area contributed by atoms with E-state index in [1.807, 2.05) is 0 Å². The maximum Gasteiger partial charge on any atom is 0.161 e. The molecule has 0 saturated heterocycles. The van der Waals surface area contributed by atoms with Crippen LogP contribution in [0.5, 0.6) is 0 Å². The Hall–Kier alpha value is -8.46. The molecule has 314 valence electrons. The second-order valence-electron chi connectivity index (χ2n) is 18.1. The topological polar surface area (TPSA) is 25.8 Å². The molecule has 1 heterocycles. The largest absolute Gasteiger partial charge is 0.228 e. The number of hydrogen-bond acceptors (Lipinski definition) is 2. The van der Waals surface area contributed by atoms with Gasteiger partial charge in [-0.2, -0.15) is 0 Å². The first-order valence-corrected chi connectivity index (χ1v) is 23.2. The third kappa shape index (κ3) is 5.89. The van der Waals surface area contributed by atoms with Gasteiger partial charge < -0.3 is 0 Å². The number of benzene rings is 10. The smallest absolute Gasteiger partial charge is 0.161 e. The Balaban J connectivity index is 0.991. The predicted octanol–water partition coefficient (Wildman–Crippen LogP) is 16.0. The highest BCUT2D eigenvalue weighted by molar-refractivity contribution is 6.05. The quantitative estimate of drug-likeness (QED) is 0.160. The predicted molar refractivity (Wildman–Crippen MR) is 276 cm³/mol. The van der Waals surface area contributed by atoms with Crippen LogP contribution in [0.25, 0.3) is 78.1 Å². The molecule has 2 aliphatic carbocycles. The summed E-state index contributed by atoms with van der Waals surface area (Å²) < 4.78 is 0. The number of hydrogen-bond donors (Lipinski definition) is 0. The Bertz CT molecular complexity index is 3650. The monoisotopic (exact) mass is 852 g/mol. The van der Waals surface area contributed by atoms with Crippen LogP contribution in [0.4, 0.5) is 0 Å².